The van der Waals surface area contributed by atoms with Crippen LogP contribution in [0.2, 0.25) is 0 Å². The number of carboxylic acid groups (broad SMARTS) is 2. The number of hydrogen-bond donors (Lipinski definition) is 3. The third kappa shape index (κ3) is 19.6. The third-order valence-corrected chi connectivity index (χ3v) is 9.15. The predicted octanol–water partition coefficient (Wildman–Crippen LogP) is 8.42. The molecule has 1 unspecified atom stereocenters. The van der Waals surface area contributed by atoms with Gasteiger partial charge in [0.1, 0.15) is 0 Å². The van der Waals surface area contributed by atoms with Gasteiger partial charge in [-0.2, -0.15) is 8.42 Å². The van der Waals surface area contributed by atoms with Crippen molar-refractivity contribution in [3.8, 4) is 0 Å². The van der Waals surface area contributed by atoms with E-state index >= 15 is 0 Å². The van der Waals surface area contributed by atoms with E-state index in [4.69, 9.17) is 0 Å². The van der Waals surface area contributed by atoms with Gasteiger partial charge in [0.05, 0.1) is 5.41 Å². The Morgan fingerprint density at radius 2 is 0.821 bits per heavy atom. The summed E-state index contributed by atoms with van der Waals surface area (Å²) in [5.41, 5.74) is -2.02. The molecule has 0 aliphatic heterocycles. The maximum atomic E-state index is 12.4. The van der Waals surface area contributed by atoms with E-state index in [2.05, 4.69) is 13.8 Å². The quantitative estimate of drug-likeness (QED) is 0.0477. The van der Waals surface area contributed by atoms with Crippen LogP contribution in [0.25, 0.3) is 0 Å². The number of carboxylic acids is 2. The number of aliphatic carboxylic acids is 2. The molecule has 0 amide bonds. The van der Waals surface area contributed by atoms with Crippen molar-refractivity contribution in [3.05, 3.63) is 0 Å². The zero-order valence-electron chi connectivity index (χ0n) is 25.4. The standard InChI is InChI=1S/C30H58O7S.Na/c1-3-5-7-9-11-13-15-17-19-21-23-25-30(29(33)34,27(28(31)32)38(35,36)37)26-24-22-20-18-16-14-12-10-8-6-4-2;/h27H,3-26H2,1-2H3,(H,31,32)(H,33,34)(H,35,36,37);. The SMILES string of the molecule is CCCCCCCCCCCCCC(CCCCCCCCCCCCC)(C(=O)O)C(C(=O)O)S(=O)(=O)O.[Na]. The second-order valence-corrected chi connectivity index (χ2v) is 12.8. The van der Waals surface area contributed by atoms with Gasteiger partial charge in [-0.3, -0.25) is 14.1 Å². The van der Waals surface area contributed by atoms with Crippen LogP contribution in [0.1, 0.15) is 168 Å². The van der Waals surface area contributed by atoms with Crippen LogP contribution < -0.4 is 0 Å². The van der Waals surface area contributed by atoms with Crippen molar-refractivity contribution in [2.45, 2.75) is 173 Å². The molecule has 0 fully saturated rings. The topological polar surface area (TPSA) is 129 Å². The Morgan fingerprint density at radius 3 is 1.03 bits per heavy atom. The summed E-state index contributed by atoms with van der Waals surface area (Å²) < 4.78 is 33.8. The molecule has 3 N–H and O–H groups in total. The van der Waals surface area contributed by atoms with E-state index in [1.807, 2.05) is 0 Å². The zero-order valence-corrected chi connectivity index (χ0v) is 28.2. The maximum absolute atomic E-state index is 12.4. The van der Waals surface area contributed by atoms with Crippen LogP contribution in [0, 0.1) is 5.41 Å². The first-order valence-electron chi connectivity index (χ1n) is 15.6. The second kappa shape index (κ2) is 25.6. The Hall–Kier alpha value is -0.150. The first-order chi connectivity index (χ1) is 18.1. The van der Waals surface area contributed by atoms with E-state index in [9.17, 15) is 32.8 Å². The molecule has 0 spiro atoms. The van der Waals surface area contributed by atoms with Crippen LogP contribution in [0.3, 0.4) is 0 Å². The smallest absolute Gasteiger partial charge is 0.325 e. The fourth-order valence-corrected chi connectivity index (χ4v) is 6.73. The van der Waals surface area contributed by atoms with Gasteiger partial charge < -0.3 is 10.2 Å². The van der Waals surface area contributed by atoms with Crippen molar-refractivity contribution >= 4 is 51.6 Å². The minimum absolute atomic E-state index is 0. The molecular formula is C30H58NaO7S. The van der Waals surface area contributed by atoms with Gasteiger partial charge in [0, 0.05) is 29.6 Å². The van der Waals surface area contributed by atoms with Crippen LogP contribution in [0.5, 0.6) is 0 Å². The summed E-state index contributed by atoms with van der Waals surface area (Å²) >= 11 is 0. The molecule has 0 saturated heterocycles. The van der Waals surface area contributed by atoms with Crippen molar-refractivity contribution in [3.63, 3.8) is 0 Å². The van der Waals surface area contributed by atoms with E-state index in [0.717, 1.165) is 51.4 Å². The van der Waals surface area contributed by atoms with Gasteiger partial charge in [-0.25, -0.2) is 0 Å². The molecule has 7 nitrogen and oxygen atoms in total. The van der Waals surface area contributed by atoms with Crippen LogP contribution >= 0.6 is 0 Å². The Morgan fingerprint density at radius 1 is 0.564 bits per heavy atom. The first-order valence-corrected chi connectivity index (χ1v) is 17.1. The van der Waals surface area contributed by atoms with Gasteiger partial charge in [-0.05, 0) is 12.8 Å². The average Bonchev–Trinajstić information content (AvgIpc) is 2.84. The van der Waals surface area contributed by atoms with Gasteiger partial charge in [-0.1, -0.05) is 155 Å². The molecule has 0 aromatic rings. The molecule has 0 rings (SSSR count). The van der Waals surface area contributed by atoms with Crippen LogP contribution in [0.4, 0.5) is 0 Å². The summed E-state index contributed by atoms with van der Waals surface area (Å²) in [5, 5.41) is 17.4. The Kier molecular flexibility index (Phi) is 26.9. The number of hydrogen-bond acceptors (Lipinski definition) is 4. The van der Waals surface area contributed by atoms with E-state index in [1.54, 1.807) is 0 Å². The summed E-state index contributed by atoms with van der Waals surface area (Å²) in [4.78, 5) is 24.3. The number of rotatable bonds is 28. The summed E-state index contributed by atoms with van der Waals surface area (Å²) in [6, 6.07) is 0. The van der Waals surface area contributed by atoms with Gasteiger partial charge in [0.25, 0.3) is 10.1 Å². The van der Waals surface area contributed by atoms with Crippen molar-refractivity contribution in [1.82, 2.24) is 0 Å². The normalized spacial score (nSPS) is 12.7. The summed E-state index contributed by atoms with van der Waals surface area (Å²) in [7, 11) is -5.08. The van der Waals surface area contributed by atoms with Gasteiger partial charge in [-0.15, -0.1) is 0 Å². The van der Waals surface area contributed by atoms with Gasteiger partial charge >= 0.3 is 11.9 Å². The van der Waals surface area contributed by atoms with Crippen molar-refractivity contribution in [2.75, 3.05) is 0 Å². The molecule has 1 atom stereocenters. The Labute approximate surface area is 261 Å². The average molecular weight is 586 g/mol. The zero-order chi connectivity index (χ0) is 28.7. The van der Waals surface area contributed by atoms with E-state index in [-0.39, 0.29) is 42.4 Å². The van der Waals surface area contributed by atoms with Crippen molar-refractivity contribution < 1.29 is 32.8 Å². The molecule has 227 valence electrons. The molecular weight excluding hydrogens is 527 g/mol. The third-order valence-electron chi connectivity index (χ3n) is 7.90. The van der Waals surface area contributed by atoms with Crippen LogP contribution in [-0.2, 0) is 19.7 Å². The minimum Gasteiger partial charge on any atom is -0.481 e. The molecule has 9 heteroatoms. The summed E-state index contributed by atoms with van der Waals surface area (Å²) in [5.74, 6) is -3.23. The van der Waals surface area contributed by atoms with E-state index in [1.165, 1.54) is 77.0 Å². The molecule has 0 aliphatic rings. The largest absolute Gasteiger partial charge is 0.481 e. The molecule has 0 bridgehead atoms. The van der Waals surface area contributed by atoms with Crippen LogP contribution in [-0.4, -0.2) is 69.9 Å². The van der Waals surface area contributed by atoms with Gasteiger partial charge in [0.15, 0.2) is 5.25 Å². The molecule has 1 radical (unpaired) electrons. The van der Waals surface area contributed by atoms with E-state index in [0.29, 0.717) is 12.8 Å². The predicted molar refractivity (Wildman–Crippen MR) is 161 cm³/mol. The van der Waals surface area contributed by atoms with Crippen molar-refractivity contribution in [2.24, 2.45) is 5.41 Å². The van der Waals surface area contributed by atoms with Crippen molar-refractivity contribution in [1.29, 1.82) is 0 Å². The summed E-state index contributed by atoms with van der Waals surface area (Å²) in [6.45, 7) is 4.40. The van der Waals surface area contributed by atoms with E-state index < -0.39 is 32.7 Å². The number of unbranched alkanes of at least 4 members (excludes halogenated alkanes) is 20. The second-order valence-electron chi connectivity index (χ2n) is 11.3. The number of carbonyl (C=O) groups is 2. The monoisotopic (exact) mass is 585 g/mol. The maximum Gasteiger partial charge on any atom is 0.325 e. The Bertz CT molecular complexity index is 686. The molecule has 0 heterocycles. The summed E-state index contributed by atoms with van der Waals surface area (Å²) in [6.07, 6.45) is 23.3. The fourth-order valence-electron chi connectivity index (χ4n) is 5.57. The Balaban J connectivity index is 0. The first kappa shape index (κ1) is 41.0. The molecule has 0 saturated carbocycles. The molecule has 0 aromatic carbocycles. The van der Waals surface area contributed by atoms with Crippen LogP contribution in [0.15, 0.2) is 0 Å². The molecule has 39 heavy (non-hydrogen) atoms. The fraction of sp³-hybridized carbons (Fsp3) is 0.933. The molecule has 0 aromatic heterocycles. The van der Waals surface area contributed by atoms with Gasteiger partial charge in [0.2, 0.25) is 0 Å². The molecule has 0 aliphatic carbocycles. The minimum atomic E-state index is -5.08.